The molecule has 0 unspecified atom stereocenters. The molecule has 4 heteroatoms. The molecule has 1 aromatic rings. The Morgan fingerprint density at radius 3 is 2.67 bits per heavy atom. The minimum absolute atomic E-state index is 0.786. The quantitative estimate of drug-likeness (QED) is 0.503. The number of nitrogens with one attached hydrogen (secondary N) is 2. The molecule has 18 heavy (non-hydrogen) atoms. The monoisotopic (exact) mass is 268 g/mol. The summed E-state index contributed by atoms with van der Waals surface area (Å²) in [5.74, 6) is 0. The summed E-state index contributed by atoms with van der Waals surface area (Å²) in [6.07, 6.45) is 3.27. The van der Waals surface area contributed by atoms with Crippen molar-refractivity contribution < 1.29 is 4.74 Å². The van der Waals surface area contributed by atoms with Crippen LogP contribution in [0, 0.1) is 0 Å². The third kappa shape index (κ3) is 6.40. The summed E-state index contributed by atoms with van der Waals surface area (Å²) >= 11 is 1.81. The molecule has 0 aliphatic rings. The van der Waals surface area contributed by atoms with Gasteiger partial charge in [-0.1, -0.05) is 18.2 Å². The fourth-order valence-corrected chi connectivity index (χ4v) is 2.33. The van der Waals surface area contributed by atoms with Gasteiger partial charge in [-0.2, -0.15) is 0 Å². The Bertz CT molecular complexity index is 320. The number of hydrogen-bond acceptors (Lipinski definition) is 4. The maximum atomic E-state index is 4.97. The minimum Gasteiger partial charge on any atom is -0.383 e. The van der Waals surface area contributed by atoms with Gasteiger partial charge in [-0.15, -0.1) is 11.8 Å². The van der Waals surface area contributed by atoms with E-state index in [4.69, 9.17) is 4.74 Å². The van der Waals surface area contributed by atoms with Crippen molar-refractivity contribution >= 4 is 11.8 Å². The molecule has 0 aliphatic heterocycles. The molecule has 0 aromatic heterocycles. The van der Waals surface area contributed by atoms with Gasteiger partial charge in [0.05, 0.1) is 6.61 Å². The zero-order valence-electron chi connectivity index (χ0n) is 11.4. The Morgan fingerprint density at radius 2 is 1.89 bits per heavy atom. The van der Waals surface area contributed by atoms with Gasteiger partial charge in [0.15, 0.2) is 0 Å². The Labute approximate surface area is 115 Å². The highest BCUT2D eigenvalue weighted by Gasteiger charge is 1.99. The van der Waals surface area contributed by atoms with Gasteiger partial charge in [0.25, 0.3) is 0 Å². The van der Waals surface area contributed by atoms with E-state index in [0.29, 0.717) is 0 Å². The Balaban J connectivity index is 2.07. The number of methoxy groups -OCH3 is 1. The average molecular weight is 268 g/mol. The van der Waals surface area contributed by atoms with Crippen molar-refractivity contribution in [3.63, 3.8) is 0 Å². The molecule has 102 valence electrons. The molecule has 2 N–H and O–H groups in total. The second kappa shape index (κ2) is 10.4. The van der Waals surface area contributed by atoms with Gasteiger partial charge < -0.3 is 15.4 Å². The molecule has 0 fully saturated rings. The summed E-state index contributed by atoms with van der Waals surface area (Å²) in [5, 5.41) is 6.82. The maximum Gasteiger partial charge on any atom is 0.0587 e. The van der Waals surface area contributed by atoms with Gasteiger partial charge in [-0.05, 0) is 37.4 Å². The van der Waals surface area contributed by atoms with Gasteiger partial charge in [0.1, 0.15) is 0 Å². The summed E-state index contributed by atoms with van der Waals surface area (Å²) in [6.45, 7) is 4.76. The SMILES string of the molecule is COCCNCCCNCc1ccccc1SC. The van der Waals surface area contributed by atoms with E-state index in [1.165, 1.54) is 10.5 Å². The smallest absolute Gasteiger partial charge is 0.0587 e. The van der Waals surface area contributed by atoms with Gasteiger partial charge in [-0.25, -0.2) is 0 Å². The van der Waals surface area contributed by atoms with Crippen molar-refractivity contribution in [2.24, 2.45) is 0 Å². The minimum atomic E-state index is 0.786. The van der Waals surface area contributed by atoms with Crippen LogP contribution >= 0.6 is 11.8 Å². The third-order valence-electron chi connectivity index (χ3n) is 2.70. The van der Waals surface area contributed by atoms with Crippen LogP contribution in [0.5, 0.6) is 0 Å². The Morgan fingerprint density at radius 1 is 1.11 bits per heavy atom. The molecule has 0 saturated heterocycles. The van der Waals surface area contributed by atoms with Crippen molar-refractivity contribution in [2.75, 3.05) is 39.6 Å². The van der Waals surface area contributed by atoms with E-state index in [1.54, 1.807) is 18.9 Å². The lowest BCUT2D eigenvalue weighted by molar-refractivity contribution is 0.199. The van der Waals surface area contributed by atoms with Crippen LogP contribution in [0.3, 0.4) is 0 Å². The van der Waals surface area contributed by atoms with Crippen LogP contribution in [-0.2, 0) is 11.3 Å². The van der Waals surface area contributed by atoms with Crippen LogP contribution in [0.4, 0.5) is 0 Å². The first-order chi connectivity index (χ1) is 8.88. The molecule has 0 saturated carbocycles. The van der Waals surface area contributed by atoms with E-state index >= 15 is 0 Å². The van der Waals surface area contributed by atoms with Crippen LogP contribution in [-0.4, -0.2) is 39.6 Å². The highest BCUT2D eigenvalue weighted by Crippen LogP contribution is 2.19. The van der Waals surface area contributed by atoms with Gasteiger partial charge in [-0.3, -0.25) is 0 Å². The van der Waals surface area contributed by atoms with Crippen molar-refractivity contribution in [3.05, 3.63) is 29.8 Å². The molecule has 0 spiro atoms. The largest absolute Gasteiger partial charge is 0.383 e. The van der Waals surface area contributed by atoms with Gasteiger partial charge in [0.2, 0.25) is 0 Å². The number of thioether (sulfide) groups is 1. The first-order valence-electron chi connectivity index (χ1n) is 6.40. The number of hydrogen-bond donors (Lipinski definition) is 2. The Hall–Kier alpha value is -0.550. The van der Waals surface area contributed by atoms with E-state index in [1.807, 2.05) is 0 Å². The van der Waals surface area contributed by atoms with Crippen molar-refractivity contribution in [1.82, 2.24) is 10.6 Å². The van der Waals surface area contributed by atoms with Crippen molar-refractivity contribution in [2.45, 2.75) is 17.9 Å². The van der Waals surface area contributed by atoms with Crippen LogP contribution in [0.25, 0.3) is 0 Å². The lowest BCUT2D eigenvalue weighted by Crippen LogP contribution is -2.24. The molecule has 3 nitrogen and oxygen atoms in total. The van der Waals surface area contributed by atoms with Crippen LogP contribution in [0.15, 0.2) is 29.2 Å². The molecule has 0 amide bonds. The highest BCUT2D eigenvalue weighted by atomic mass is 32.2. The fraction of sp³-hybridized carbons (Fsp3) is 0.571. The third-order valence-corrected chi connectivity index (χ3v) is 3.54. The number of ether oxygens (including phenoxy) is 1. The summed E-state index contributed by atoms with van der Waals surface area (Å²) in [5.41, 5.74) is 1.39. The standard InChI is InChI=1S/C14H24N2OS/c1-17-11-10-15-8-5-9-16-12-13-6-3-4-7-14(13)18-2/h3-4,6-7,15-16H,5,8-12H2,1-2H3. The van der Waals surface area contributed by atoms with E-state index in [2.05, 4.69) is 41.2 Å². The zero-order valence-corrected chi connectivity index (χ0v) is 12.2. The second-order valence-corrected chi connectivity index (χ2v) is 4.93. The fourth-order valence-electron chi connectivity index (χ4n) is 1.71. The Kier molecular flexibility index (Phi) is 8.94. The number of benzene rings is 1. The number of rotatable bonds is 10. The average Bonchev–Trinajstić information content (AvgIpc) is 2.42. The van der Waals surface area contributed by atoms with E-state index in [0.717, 1.165) is 39.2 Å². The molecule has 0 aliphatic carbocycles. The molecular formula is C14H24N2OS. The topological polar surface area (TPSA) is 33.3 Å². The first-order valence-corrected chi connectivity index (χ1v) is 7.63. The summed E-state index contributed by atoms with van der Waals surface area (Å²) < 4.78 is 4.97. The van der Waals surface area contributed by atoms with Gasteiger partial charge >= 0.3 is 0 Å². The lowest BCUT2D eigenvalue weighted by Gasteiger charge is -2.09. The summed E-state index contributed by atoms with van der Waals surface area (Å²) in [6, 6.07) is 8.56. The van der Waals surface area contributed by atoms with Crippen LogP contribution in [0.1, 0.15) is 12.0 Å². The van der Waals surface area contributed by atoms with Gasteiger partial charge in [0, 0.05) is 25.1 Å². The second-order valence-electron chi connectivity index (χ2n) is 4.08. The molecule has 1 rings (SSSR count). The van der Waals surface area contributed by atoms with E-state index < -0.39 is 0 Å². The molecule has 0 radical (unpaired) electrons. The molecular weight excluding hydrogens is 244 g/mol. The summed E-state index contributed by atoms with van der Waals surface area (Å²) in [7, 11) is 1.73. The summed E-state index contributed by atoms with van der Waals surface area (Å²) in [4.78, 5) is 1.36. The predicted molar refractivity (Wildman–Crippen MR) is 79.3 cm³/mol. The lowest BCUT2D eigenvalue weighted by atomic mass is 10.2. The molecule has 0 bridgehead atoms. The molecule has 1 aromatic carbocycles. The van der Waals surface area contributed by atoms with Crippen LogP contribution < -0.4 is 10.6 Å². The van der Waals surface area contributed by atoms with Crippen LogP contribution in [0.2, 0.25) is 0 Å². The maximum absolute atomic E-state index is 4.97. The van der Waals surface area contributed by atoms with E-state index in [9.17, 15) is 0 Å². The molecule has 0 heterocycles. The van der Waals surface area contributed by atoms with Crippen molar-refractivity contribution in [1.29, 1.82) is 0 Å². The zero-order chi connectivity index (χ0) is 13.1. The normalized spacial score (nSPS) is 10.8. The predicted octanol–water partition coefficient (Wildman–Crippen LogP) is 2.12. The van der Waals surface area contributed by atoms with E-state index in [-0.39, 0.29) is 0 Å². The first kappa shape index (κ1) is 15.5. The highest BCUT2D eigenvalue weighted by molar-refractivity contribution is 7.98. The van der Waals surface area contributed by atoms with Crippen molar-refractivity contribution in [3.8, 4) is 0 Å². The molecule has 0 atom stereocenters.